The standard InChI is InChI=1S/C15H16FN3O3/c1-11(19-8-4-7-17-19)15(21)18(10-14(20)22-2)13-6-3-5-12(16)9-13/h3-9,11H,10H2,1-2H3/t11-/m1/s1. The van der Waals surface area contributed by atoms with Gasteiger partial charge in [-0.1, -0.05) is 6.07 Å². The molecule has 0 spiro atoms. The summed E-state index contributed by atoms with van der Waals surface area (Å²) in [6.45, 7) is 1.35. The number of carbonyl (C=O) groups excluding carboxylic acids is 2. The average molecular weight is 305 g/mol. The Labute approximate surface area is 127 Å². The Hall–Kier alpha value is -2.70. The molecule has 1 aromatic heterocycles. The molecule has 1 amide bonds. The summed E-state index contributed by atoms with van der Waals surface area (Å²) in [4.78, 5) is 25.4. The highest BCUT2D eigenvalue weighted by Gasteiger charge is 2.26. The highest BCUT2D eigenvalue weighted by atomic mass is 19.1. The molecule has 2 aromatic rings. The number of nitrogens with zero attached hydrogens (tertiary/aromatic N) is 3. The van der Waals surface area contributed by atoms with Crippen LogP contribution in [0.3, 0.4) is 0 Å². The number of halogens is 1. The first kappa shape index (κ1) is 15.7. The predicted molar refractivity (Wildman–Crippen MR) is 77.7 cm³/mol. The van der Waals surface area contributed by atoms with E-state index in [4.69, 9.17) is 0 Å². The SMILES string of the molecule is COC(=O)CN(C(=O)[C@@H](C)n1cccn1)c1cccc(F)c1. The first-order chi connectivity index (χ1) is 10.5. The van der Waals surface area contributed by atoms with Crippen LogP contribution in [0.2, 0.25) is 0 Å². The second kappa shape index (κ2) is 6.84. The number of anilines is 1. The summed E-state index contributed by atoms with van der Waals surface area (Å²) in [6.07, 6.45) is 3.20. The first-order valence-corrected chi connectivity index (χ1v) is 6.66. The smallest absolute Gasteiger partial charge is 0.325 e. The molecular formula is C15H16FN3O3. The van der Waals surface area contributed by atoms with E-state index in [1.165, 1.54) is 34.9 Å². The zero-order valence-corrected chi connectivity index (χ0v) is 12.3. The van der Waals surface area contributed by atoms with Gasteiger partial charge in [0.05, 0.1) is 7.11 Å². The molecule has 0 saturated heterocycles. The number of esters is 1. The van der Waals surface area contributed by atoms with Crippen molar-refractivity contribution in [1.82, 2.24) is 9.78 Å². The molecule has 0 bridgehead atoms. The maximum Gasteiger partial charge on any atom is 0.325 e. The monoisotopic (exact) mass is 305 g/mol. The highest BCUT2D eigenvalue weighted by molar-refractivity contribution is 5.99. The van der Waals surface area contributed by atoms with Crippen molar-refractivity contribution < 1.29 is 18.7 Å². The van der Waals surface area contributed by atoms with Gasteiger partial charge in [0, 0.05) is 18.1 Å². The lowest BCUT2D eigenvalue weighted by Crippen LogP contribution is -2.40. The van der Waals surface area contributed by atoms with Gasteiger partial charge in [-0.25, -0.2) is 4.39 Å². The minimum Gasteiger partial charge on any atom is -0.468 e. The zero-order valence-electron chi connectivity index (χ0n) is 12.3. The first-order valence-electron chi connectivity index (χ1n) is 6.66. The van der Waals surface area contributed by atoms with E-state index in [-0.39, 0.29) is 18.1 Å². The highest BCUT2D eigenvalue weighted by Crippen LogP contribution is 2.19. The molecule has 7 heteroatoms. The number of methoxy groups -OCH3 is 1. The van der Waals surface area contributed by atoms with Crippen molar-refractivity contribution in [2.24, 2.45) is 0 Å². The van der Waals surface area contributed by atoms with E-state index in [0.717, 1.165) is 0 Å². The molecule has 0 saturated carbocycles. The average Bonchev–Trinajstić information content (AvgIpc) is 3.05. The van der Waals surface area contributed by atoms with E-state index in [1.807, 2.05) is 0 Å². The van der Waals surface area contributed by atoms with E-state index in [9.17, 15) is 14.0 Å². The second-order valence-corrected chi connectivity index (χ2v) is 4.64. The second-order valence-electron chi connectivity index (χ2n) is 4.64. The fraction of sp³-hybridized carbons (Fsp3) is 0.267. The summed E-state index contributed by atoms with van der Waals surface area (Å²) < 4.78 is 19.5. The van der Waals surface area contributed by atoms with Crippen molar-refractivity contribution in [2.45, 2.75) is 13.0 Å². The van der Waals surface area contributed by atoms with E-state index in [0.29, 0.717) is 0 Å². The van der Waals surface area contributed by atoms with Crippen LogP contribution in [0.4, 0.5) is 10.1 Å². The van der Waals surface area contributed by atoms with E-state index in [1.54, 1.807) is 31.5 Å². The Morgan fingerprint density at radius 2 is 2.18 bits per heavy atom. The van der Waals surface area contributed by atoms with Gasteiger partial charge in [-0.3, -0.25) is 19.2 Å². The molecule has 0 fully saturated rings. The van der Waals surface area contributed by atoms with Crippen molar-refractivity contribution in [3.63, 3.8) is 0 Å². The number of ether oxygens (including phenoxy) is 1. The van der Waals surface area contributed by atoms with Crippen LogP contribution in [-0.2, 0) is 14.3 Å². The number of hydrogen-bond acceptors (Lipinski definition) is 4. The summed E-state index contributed by atoms with van der Waals surface area (Å²) in [5, 5.41) is 4.01. The van der Waals surface area contributed by atoms with Crippen LogP contribution in [0, 0.1) is 5.82 Å². The molecule has 116 valence electrons. The summed E-state index contributed by atoms with van der Waals surface area (Å²) in [7, 11) is 1.23. The van der Waals surface area contributed by atoms with E-state index in [2.05, 4.69) is 9.84 Å². The molecule has 1 heterocycles. The predicted octanol–water partition coefficient (Wildman–Crippen LogP) is 1.79. The van der Waals surface area contributed by atoms with Crippen LogP contribution in [0.5, 0.6) is 0 Å². The number of amides is 1. The maximum atomic E-state index is 13.4. The molecule has 0 unspecified atom stereocenters. The van der Waals surface area contributed by atoms with Crippen molar-refractivity contribution in [1.29, 1.82) is 0 Å². The van der Waals surface area contributed by atoms with Crippen LogP contribution in [0.15, 0.2) is 42.7 Å². The van der Waals surface area contributed by atoms with Crippen LogP contribution in [0.25, 0.3) is 0 Å². The van der Waals surface area contributed by atoms with Crippen LogP contribution < -0.4 is 4.90 Å². The Morgan fingerprint density at radius 1 is 1.41 bits per heavy atom. The molecule has 0 aliphatic carbocycles. The van der Waals surface area contributed by atoms with E-state index < -0.39 is 17.8 Å². The number of hydrogen-bond donors (Lipinski definition) is 0. The minimum atomic E-state index is -0.636. The van der Waals surface area contributed by atoms with Gasteiger partial charge in [-0.2, -0.15) is 5.10 Å². The summed E-state index contributed by atoms with van der Waals surface area (Å²) in [6, 6.07) is 6.54. The Balaban J connectivity index is 2.31. The van der Waals surface area contributed by atoms with Crippen molar-refractivity contribution in [2.75, 3.05) is 18.6 Å². The van der Waals surface area contributed by atoms with Crippen molar-refractivity contribution in [3.8, 4) is 0 Å². The van der Waals surface area contributed by atoms with Gasteiger partial charge in [0.25, 0.3) is 5.91 Å². The third-order valence-electron chi connectivity index (χ3n) is 3.18. The molecule has 6 nitrogen and oxygen atoms in total. The largest absolute Gasteiger partial charge is 0.468 e. The lowest BCUT2D eigenvalue weighted by atomic mass is 10.2. The Bertz CT molecular complexity index is 658. The molecule has 0 aliphatic rings. The quantitative estimate of drug-likeness (QED) is 0.790. The number of aromatic nitrogens is 2. The van der Waals surface area contributed by atoms with Crippen LogP contribution >= 0.6 is 0 Å². The molecule has 2 rings (SSSR count). The van der Waals surface area contributed by atoms with Gasteiger partial charge in [0.1, 0.15) is 18.4 Å². The van der Waals surface area contributed by atoms with Gasteiger partial charge in [0.15, 0.2) is 0 Å². The van der Waals surface area contributed by atoms with Gasteiger partial charge >= 0.3 is 5.97 Å². The number of rotatable bonds is 5. The number of carbonyl (C=O) groups is 2. The third kappa shape index (κ3) is 3.49. The van der Waals surface area contributed by atoms with Gasteiger partial charge in [-0.15, -0.1) is 0 Å². The van der Waals surface area contributed by atoms with Gasteiger partial charge in [-0.05, 0) is 31.2 Å². The Morgan fingerprint density at radius 3 is 2.77 bits per heavy atom. The lowest BCUT2D eigenvalue weighted by Gasteiger charge is -2.25. The normalized spacial score (nSPS) is 11.8. The van der Waals surface area contributed by atoms with Gasteiger partial charge in [0.2, 0.25) is 0 Å². The Kier molecular flexibility index (Phi) is 4.88. The van der Waals surface area contributed by atoms with Crippen LogP contribution in [0.1, 0.15) is 13.0 Å². The van der Waals surface area contributed by atoms with Crippen molar-refractivity contribution >= 4 is 17.6 Å². The zero-order chi connectivity index (χ0) is 16.1. The molecule has 1 atom stereocenters. The fourth-order valence-electron chi connectivity index (χ4n) is 1.98. The topological polar surface area (TPSA) is 64.4 Å². The van der Waals surface area contributed by atoms with E-state index >= 15 is 0 Å². The molecule has 22 heavy (non-hydrogen) atoms. The van der Waals surface area contributed by atoms with Gasteiger partial charge < -0.3 is 4.74 Å². The molecule has 1 aromatic carbocycles. The summed E-state index contributed by atoms with van der Waals surface area (Å²) in [5.41, 5.74) is 0.286. The number of benzene rings is 1. The molecule has 0 N–H and O–H groups in total. The molecular weight excluding hydrogens is 289 g/mol. The third-order valence-corrected chi connectivity index (χ3v) is 3.18. The summed E-state index contributed by atoms with van der Waals surface area (Å²) in [5.74, 6) is -1.48. The molecule has 0 radical (unpaired) electrons. The minimum absolute atomic E-state index is 0.286. The maximum absolute atomic E-state index is 13.4. The lowest BCUT2D eigenvalue weighted by molar-refractivity contribution is -0.140. The molecule has 0 aliphatic heterocycles. The van der Waals surface area contributed by atoms with Crippen LogP contribution in [-0.4, -0.2) is 35.3 Å². The summed E-state index contributed by atoms with van der Waals surface area (Å²) >= 11 is 0. The fourth-order valence-corrected chi connectivity index (χ4v) is 1.98. The van der Waals surface area contributed by atoms with Crippen molar-refractivity contribution in [3.05, 3.63) is 48.5 Å².